The molecule has 3 aromatic carbocycles. The lowest BCUT2D eigenvalue weighted by molar-refractivity contribution is 0.0913. The topological polar surface area (TPSA) is 108 Å². The van der Waals surface area contributed by atoms with Crippen LogP contribution in [-0.4, -0.2) is 60.2 Å². The summed E-state index contributed by atoms with van der Waals surface area (Å²) in [6.07, 6.45) is 2.40. The van der Waals surface area contributed by atoms with Gasteiger partial charge in [0.15, 0.2) is 0 Å². The highest BCUT2D eigenvalue weighted by Crippen LogP contribution is 2.25. The fourth-order valence-corrected chi connectivity index (χ4v) is 5.87. The molecule has 0 spiro atoms. The molecule has 3 aromatic rings. The van der Waals surface area contributed by atoms with E-state index in [0.29, 0.717) is 35.7 Å². The van der Waals surface area contributed by atoms with Gasteiger partial charge in [0.1, 0.15) is 23.7 Å². The quantitative estimate of drug-likeness (QED) is 0.230. The van der Waals surface area contributed by atoms with Crippen molar-refractivity contribution in [3.05, 3.63) is 106 Å². The van der Waals surface area contributed by atoms with Gasteiger partial charge in [-0.15, -0.1) is 0 Å². The molecular weight excluding hydrogens is 578 g/mol. The number of rotatable bonds is 14. The molecule has 0 aromatic heterocycles. The fourth-order valence-electron chi connectivity index (χ4n) is 4.41. The maximum atomic E-state index is 11.8. The molecule has 0 bridgehead atoms. The number of hydrogen-bond donors (Lipinski definition) is 0. The Morgan fingerprint density at radius 1 is 0.667 bits per heavy atom. The Balaban J connectivity index is 1.45. The third-order valence-corrected chi connectivity index (χ3v) is 8.36. The minimum atomic E-state index is -3.71. The normalized spacial score (nSPS) is 18.1. The van der Waals surface area contributed by atoms with E-state index in [1.165, 1.54) is 17.7 Å². The van der Waals surface area contributed by atoms with Gasteiger partial charge in [-0.05, 0) is 67.0 Å². The average molecular weight is 614 g/mol. The predicted octanol–water partition coefficient (Wildman–Crippen LogP) is 5.07. The highest BCUT2D eigenvalue weighted by atomic mass is 32.2. The van der Waals surface area contributed by atoms with Crippen molar-refractivity contribution in [1.29, 1.82) is 0 Å². The Kier molecular flexibility index (Phi) is 10.9. The van der Waals surface area contributed by atoms with E-state index >= 15 is 0 Å². The van der Waals surface area contributed by atoms with Crippen molar-refractivity contribution in [2.45, 2.75) is 32.6 Å². The monoisotopic (exact) mass is 613 g/mol. The number of hydrogen-bond acceptors (Lipinski definition) is 9. The molecule has 0 saturated carbocycles. The van der Waals surface area contributed by atoms with Crippen LogP contribution in [0.25, 0.3) is 12.2 Å². The van der Waals surface area contributed by atoms with Gasteiger partial charge in [0, 0.05) is 19.6 Å². The zero-order valence-corrected chi connectivity index (χ0v) is 25.2. The molecular formula is C31H35NO8S2. The standard InChI is InChI=1S/C31H35NO8S2/c1-3-37-41(33,34)20-18-25-10-14-28(15-11-25)39-30-23-32(22-27-8-6-5-7-9-27)24-31(30)40-29-16-12-26(13-17-29)19-21-42(35,36)38-4-2/h5-21,30-31H,3-4,22-24H2,1-2H3/b20-18+,21-19+/t30-,31-/m1/s1. The molecule has 42 heavy (non-hydrogen) atoms. The fraction of sp³-hybridized carbons (Fsp3) is 0.290. The lowest BCUT2D eigenvalue weighted by Gasteiger charge is -2.21. The molecule has 0 unspecified atom stereocenters. The summed E-state index contributed by atoms with van der Waals surface area (Å²) in [5.74, 6) is 1.27. The maximum absolute atomic E-state index is 11.8. The molecule has 1 saturated heterocycles. The van der Waals surface area contributed by atoms with Crippen molar-refractivity contribution in [1.82, 2.24) is 4.90 Å². The Labute approximate surface area is 248 Å². The number of likely N-dealkylation sites (tertiary alicyclic amines) is 1. The van der Waals surface area contributed by atoms with Crippen LogP contribution in [0.5, 0.6) is 11.5 Å². The van der Waals surface area contributed by atoms with Gasteiger partial charge in [-0.1, -0.05) is 54.6 Å². The lowest BCUT2D eigenvalue weighted by Crippen LogP contribution is -2.34. The Hall–Kier alpha value is -3.48. The van der Waals surface area contributed by atoms with Gasteiger partial charge in [-0.2, -0.15) is 16.8 Å². The number of ether oxygens (including phenoxy) is 2. The van der Waals surface area contributed by atoms with Gasteiger partial charge in [0.05, 0.1) is 24.0 Å². The van der Waals surface area contributed by atoms with Crippen molar-refractivity contribution in [3.8, 4) is 11.5 Å². The van der Waals surface area contributed by atoms with Crippen molar-refractivity contribution in [3.63, 3.8) is 0 Å². The second-order valence-electron chi connectivity index (χ2n) is 9.53. The lowest BCUT2D eigenvalue weighted by atomic mass is 10.2. The van der Waals surface area contributed by atoms with Gasteiger partial charge < -0.3 is 9.47 Å². The smallest absolute Gasteiger partial charge is 0.290 e. The minimum Gasteiger partial charge on any atom is -0.485 e. The molecule has 1 fully saturated rings. The van der Waals surface area contributed by atoms with Crippen molar-refractivity contribution < 1.29 is 34.7 Å². The molecule has 2 atom stereocenters. The first kappa shape index (κ1) is 31.5. The summed E-state index contributed by atoms with van der Waals surface area (Å²) in [7, 11) is -7.43. The van der Waals surface area contributed by atoms with E-state index in [0.717, 1.165) is 17.4 Å². The van der Waals surface area contributed by atoms with Crippen LogP contribution < -0.4 is 9.47 Å². The molecule has 0 amide bonds. The predicted molar refractivity (Wildman–Crippen MR) is 163 cm³/mol. The SMILES string of the molecule is CCOS(=O)(=O)/C=C/c1ccc(O[C@@H]2CN(Cc3ccccc3)C[C@H]2Oc2ccc(/C=C/S(=O)(=O)OCC)cc2)cc1. The molecule has 224 valence electrons. The second kappa shape index (κ2) is 14.6. The molecule has 4 rings (SSSR count). The third-order valence-electron chi connectivity index (χ3n) is 6.29. The summed E-state index contributed by atoms with van der Waals surface area (Å²) >= 11 is 0. The van der Waals surface area contributed by atoms with Crippen molar-refractivity contribution >= 4 is 32.4 Å². The van der Waals surface area contributed by atoms with Crippen LogP contribution in [0.3, 0.4) is 0 Å². The summed E-state index contributed by atoms with van der Waals surface area (Å²) in [4.78, 5) is 2.27. The summed E-state index contributed by atoms with van der Waals surface area (Å²) < 4.78 is 69.3. The third kappa shape index (κ3) is 9.81. The van der Waals surface area contributed by atoms with Crippen LogP contribution >= 0.6 is 0 Å². The van der Waals surface area contributed by atoms with Crippen LogP contribution in [0.2, 0.25) is 0 Å². The molecule has 1 aliphatic rings. The number of nitrogens with zero attached hydrogens (tertiary/aromatic N) is 1. The summed E-state index contributed by atoms with van der Waals surface area (Å²) in [5.41, 5.74) is 2.57. The summed E-state index contributed by atoms with van der Waals surface area (Å²) in [6.45, 7) is 5.41. The van der Waals surface area contributed by atoms with E-state index in [9.17, 15) is 16.8 Å². The molecule has 0 radical (unpaired) electrons. The van der Waals surface area contributed by atoms with E-state index < -0.39 is 20.2 Å². The second-order valence-corrected chi connectivity index (χ2v) is 12.5. The first-order valence-corrected chi connectivity index (χ1v) is 16.5. The van der Waals surface area contributed by atoms with Crippen LogP contribution in [0, 0.1) is 0 Å². The molecule has 1 heterocycles. The van der Waals surface area contributed by atoms with Crippen LogP contribution in [0.1, 0.15) is 30.5 Å². The van der Waals surface area contributed by atoms with E-state index in [1.807, 2.05) is 18.2 Å². The Morgan fingerprint density at radius 3 is 1.50 bits per heavy atom. The van der Waals surface area contributed by atoms with E-state index in [2.05, 4.69) is 17.0 Å². The summed E-state index contributed by atoms with van der Waals surface area (Å²) in [5, 5.41) is 2.07. The van der Waals surface area contributed by atoms with Crippen LogP contribution in [0.15, 0.2) is 89.7 Å². The zero-order chi connectivity index (χ0) is 30.0. The molecule has 0 N–H and O–H groups in total. The van der Waals surface area contributed by atoms with E-state index in [-0.39, 0.29) is 25.4 Å². The largest absolute Gasteiger partial charge is 0.485 e. The Bertz CT molecular complexity index is 1450. The van der Waals surface area contributed by atoms with Crippen molar-refractivity contribution in [2.24, 2.45) is 0 Å². The van der Waals surface area contributed by atoms with Gasteiger partial charge in [-0.3, -0.25) is 13.3 Å². The summed E-state index contributed by atoms with van der Waals surface area (Å²) in [6, 6.07) is 24.5. The van der Waals surface area contributed by atoms with Gasteiger partial charge in [0.25, 0.3) is 20.2 Å². The molecule has 11 heteroatoms. The minimum absolute atomic E-state index is 0.0748. The van der Waals surface area contributed by atoms with Gasteiger partial charge >= 0.3 is 0 Å². The van der Waals surface area contributed by atoms with E-state index in [1.54, 1.807) is 62.4 Å². The first-order chi connectivity index (χ1) is 20.1. The van der Waals surface area contributed by atoms with Crippen LogP contribution in [-0.2, 0) is 35.1 Å². The average Bonchev–Trinajstić information content (AvgIpc) is 3.32. The van der Waals surface area contributed by atoms with Gasteiger partial charge in [0.2, 0.25) is 0 Å². The molecule has 9 nitrogen and oxygen atoms in total. The molecule has 1 aliphatic heterocycles. The zero-order valence-electron chi connectivity index (χ0n) is 23.5. The molecule has 0 aliphatic carbocycles. The highest BCUT2D eigenvalue weighted by molar-refractivity contribution is 7.90. The van der Waals surface area contributed by atoms with Gasteiger partial charge in [-0.25, -0.2) is 0 Å². The first-order valence-electron chi connectivity index (χ1n) is 13.6. The maximum Gasteiger partial charge on any atom is 0.290 e. The number of benzene rings is 3. The van der Waals surface area contributed by atoms with Crippen molar-refractivity contribution in [2.75, 3.05) is 26.3 Å². The van der Waals surface area contributed by atoms with E-state index in [4.69, 9.17) is 17.8 Å². The highest BCUT2D eigenvalue weighted by Gasteiger charge is 2.36. The Morgan fingerprint density at radius 2 is 1.10 bits per heavy atom. The van der Waals surface area contributed by atoms with Crippen LogP contribution in [0.4, 0.5) is 0 Å².